The van der Waals surface area contributed by atoms with E-state index in [1.807, 2.05) is 18.2 Å². The number of benzene rings is 2. The van der Waals surface area contributed by atoms with E-state index in [2.05, 4.69) is 57.2 Å². The van der Waals surface area contributed by atoms with Gasteiger partial charge in [0.1, 0.15) is 18.1 Å². The molecule has 2 aromatic carbocycles. The van der Waals surface area contributed by atoms with Crippen LogP contribution >= 0.6 is 0 Å². The van der Waals surface area contributed by atoms with Gasteiger partial charge >= 0.3 is 0 Å². The third kappa shape index (κ3) is 6.08. The summed E-state index contributed by atoms with van der Waals surface area (Å²) in [6, 6.07) is 16.9. The van der Waals surface area contributed by atoms with Gasteiger partial charge in [0.05, 0.1) is 0 Å². The molecule has 0 fully saturated rings. The van der Waals surface area contributed by atoms with Crippen molar-refractivity contribution in [3.8, 4) is 5.75 Å². The molecule has 1 aliphatic carbocycles. The highest BCUT2D eigenvalue weighted by Crippen LogP contribution is 2.37. The molecule has 0 heterocycles. The number of carbonyl (C=O) groups is 1. The maximum atomic E-state index is 12.1. The summed E-state index contributed by atoms with van der Waals surface area (Å²) in [5, 5.41) is 0. The molecule has 0 saturated carbocycles. The van der Waals surface area contributed by atoms with Crippen LogP contribution in [0.1, 0.15) is 88.8 Å². The first-order valence-corrected chi connectivity index (χ1v) is 11.5. The Balaban J connectivity index is 1.85. The zero-order valence-electron chi connectivity index (χ0n) is 18.9. The molecule has 0 radical (unpaired) electrons. The fourth-order valence-electron chi connectivity index (χ4n) is 4.19. The fraction of sp³-hybridized carbons (Fsp3) is 0.464. The highest BCUT2D eigenvalue weighted by Gasteiger charge is 2.23. The summed E-state index contributed by atoms with van der Waals surface area (Å²) in [5.41, 5.74) is 4.76. The highest BCUT2D eigenvalue weighted by atomic mass is 16.5. The van der Waals surface area contributed by atoms with Gasteiger partial charge in [-0.05, 0) is 41.0 Å². The lowest BCUT2D eigenvalue weighted by Gasteiger charge is -2.27. The second-order valence-corrected chi connectivity index (χ2v) is 9.16. The summed E-state index contributed by atoms with van der Waals surface area (Å²) in [7, 11) is 0. The van der Waals surface area contributed by atoms with Gasteiger partial charge in [0, 0.05) is 18.4 Å². The van der Waals surface area contributed by atoms with E-state index in [4.69, 9.17) is 4.74 Å². The van der Waals surface area contributed by atoms with Crippen LogP contribution in [0.2, 0.25) is 0 Å². The zero-order chi connectivity index (χ0) is 21.4. The van der Waals surface area contributed by atoms with E-state index in [-0.39, 0.29) is 5.41 Å². The molecule has 2 heteroatoms. The van der Waals surface area contributed by atoms with Gasteiger partial charge in [0.2, 0.25) is 0 Å². The number of hydrogen-bond acceptors (Lipinski definition) is 2. The molecule has 0 atom stereocenters. The minimum atomic E-state index is 0.105. The van der Waals surface area contributed by atoms with Gasteiger partial charge in [-0.3, -0.25) is 4.79 Å². The predicted octanol–water partition coefficient (Wildman–Crippen LogP) is 7.65. The van der Waals surface area contributed by atoms with Crippen LogP contribution in [0.4, 0.5) is 0 Å². The van der Waals surface area contributed by atoms with Crippen LogP contribution in [0, 0.1) is 0 Å². The molecule has 160 valence electrons. The molecular weight excluding hydrogens is 368 g/mol. The van der Waals surface area contributed by atoms with Gasteiger partial charge in [-0.25, -0.2) is 0 Å². The van der Waals surface area contributed by atoms with Crippen LogP contribution in [0.15, 0.2) is 54.6 Å². The molecule has 0 unspecified atom stereocenters. The predicted molar refractivity (Wildman–Crippen MR) is 126 cm³/mol. The van der Waals surface area contributed by atoms with Crippen molar-refractivity contribution in [3.05, 3.63) is 71.3 Å². The lowest BCUT2D eigenvalue weighted by Crippen LogP contribution is -2.17. The van der Waals surface area contributed by atoms with E-state index >= 15 is 0 Å². The molecule has 0 amide bonds. The monoisotopic (exact) mass is 404 g/mol. The molecule has 0 bridgehead atoms. The second kappa shape index (κ2) is 10.6. The average molecular weight is 405 g/mol. The largest absolute Gasteiger partial charge is 0.488 e. The summed E-state index contributed by atoms with van der Waals surface area (Å²) in [6.45, 7) is 7.46. The number of carbonyl (C=O) groups excluding carboxylic acids is 1. The maximum absolute atomic E-state index is 12.1. The topological polar surface area (TPSA) is 26.3 Å². The summed E-state index contributed by atoms with van der Waals surface area (Å²) < 4.78 is 6.34. The van der Waals surface area contributed by atoms with Gasteiger partial charge in [-0.1, -0.05) is 95.0 Å². The Bertz CT molecular complexity index is 861. The minimum absolute atomic E-state index is 0.105. The molecular formula is C28H36O2. The molecule has 0 spiro atoms. The summed E-state index contributed by atoms with van der Waals surface area (Å²) in [6.07, 6.45) is 10.5. The first kappa shape index (κ1) is 22.3. The first-order valence-electron chi connectivity index (χ1n) is 11.5. The average Bonchev–Trinajstić information content (AvgIpc) is 2.76. The highest BCUT2D eigenvalue weighted by molar-refractivity contribution is 5.93. The van der Waals surface area contributed by atoms with Crippen molar-refractivity contribution in [2.24, 2.45) is 0 Å². The number of unbranched alkanes of at least 4 members (excludes halogenated alkanes) is 3. The standard InChI is InChI=1S/C28H36O2/c1-4-5-6-10-18-28(2,3)24-16-17-26(23-14-11-15-25(29)19-23)27(20-24)30-21-22-12-8-7-9-13-22/h7-9,12-14,16-17,20H,4-6,10-11,15,18-19,21H2,1-3H3. The van der Waals surface area contributed by atoms with E-state index in [0.717, 1.165) is 28.9 Å². The van der Waals surface area contributed by atoms with Gasteiger partial charge in [0.15, 0.2) is 0 Å². The Labute approximate surface area is 182 Å². The van der Waals surface area contributed by atoms with E-state index in [1.165, 1.54) is 37.7 Å². The lowest BCUT2D eigenvalue weighted by atomic mass is 9.79. The molecule has 0 aliphatic heterocycles. The Hall–Kier alpha value is -2.35. The third-order valence-corrected chi connectivity index (χ3v) is 6.20. The third-order valence-electron chi connectivity index (χ3n) is 6.20. The molecule has 0 saturated heterocycles. The SMILES string of the molecule is CCCCCCC(C)(C)c1ccc(C2=CCCC(=O)C2)c(OCc2ccccc2)c1. The quantitative estimate of drug-likeness (QED) is 0.380. The normalized spacial score (nSPS) is 14.5. The molecule has 30 heavy (non-hydrogen) atoms. The van der Waals surface area contributed by atoms with E-state index in [1.54, 1.807) is 0 Å². The van der Waals surface area contributed by atoms with Gasteiger partial charge in [-0.2, -0.15) is 0 Å². The number of ketones is 1. The van der Waals surface area contributed by atoms with Crippen molar-refractivity contribution >= 4 is 11.4 Å². The minimum Gasteiger partial charge on any atom is -0.488 e. The summed E-state index contributed by atoms with van der Waals surface area (Å²) >= 11 is 0. The number of Topliss-reactive ketones (excluding diaryl/α,β-unsaturated/α-hetero) is 1. The Kier molecular flexibility index (Phi) is 7.90. The van der Waals surface area contributed by atoms with E-state index < -0.39 is 0 Å². The fourth-order valence-corrected chi connectivity index (χ4v) is 4.19. The van der Waals surface area contributed by atoms with Crippen molar-refractivity contribution in [3.63, 3.8) is 0 Å². The van der Waals surface area contributed by atoms with Crippen LogP contribution < -0.4 is 4.74 Å². The second-order valence-electron chi connectivity index (χ2n) is 9.16. The number of rotatable bonds is 10. The van der Waals surface area contributed by atoms with Crippen LogP contribution in [-0.2, 0) is 16.8 Å². The Morgan fingerprint density at radius 2 is 1.80 bits per heavy atom. The Morgan fingerprint density at radius 3 is 2.53 bits per heavy atom. The van der Waals surface area contributed by atoms with Crippen LogP contribution in [-0.4, -0.2) is 5.78 Å². The summed E-state index contributed by atoms with van der Waals surface area (Å²) in [5.74, 6) is 1.22. The molecule has 0 aromatic heterocycles. The summed E-state index contributed by atoms with van der Waals surface area (Å²) in [4.78, 5) is 12.1. The van der Waals surface area contributed by atoms with Crippen molar-refractivity contribution in [1.29, 1.82) is 0 Å². The first-order chi connectivity index (χ1) is 14.5. The molecule has 2 nitrogen and oxygen atoms in total. The number of allylic oxidation sites excluding steroid dienone is 2. The number of hydrogen-bond donors (Lipinski definition) is 0. The maximum Gasteiger partial charge on any atom is 0.137 e. The van der Waals surface area contributed by atoms with Gasteiger partial charge in [-0.15, -0.1) is 0 Å². The lowest BCUT2D eigenvalue weighted by molar-refractivity contribution is -0.118. The van der Waals surface area contributed by atoms with Gasteiger partial charge in [0.25, 0.3) is 0 Å². The van der Waals surface area contributed by atoms with Crippen molar-refractivity contribution in [2.45, 2.75) is 84.2 Å². The van der Waals surface area contributed by atoms with Gasteiger partial charge < -0.3 is 4.74 Å². The van der Waals surface area contributed by atoms with Crippen LogP contribution in [0.5, 0.6) is 5.75 Å². The Morgan fingerprint density at radius 1 is 1.00 bits per heavy atom. The number of ether oxygens (including phenoxy) is 1. The zero-order valence-corrected chi connectivity index (χ0v) is 18.9. The van der Waals surface area contributed by atoms with E-state index in [9.17, 15) is 4.79 Å². The van der Waals surface area contributed by atoms with Crippen molar-refractivity contribution in [1.82, 2.24) is 0 Å². The van der Waals surface area contributed by atoms with Crippen LogP contribution in [0.25, 0.3) is 5.57 Å². The molecule has 0 N–H and O–H groups in total. The smallest absolute Gasteiger partial charge is 0.137 e. The van der Waals surface area contributed by atoms with Crippen LogP contribution in [0.3, 0.4) is 0 Å². The molecule has 3 rings (SSSR count). The van der Waals surface area contributed by atoms with E-state index in [0.29, 0.717) is 25.2 Å². The molecule has 1 aliphatic rings. The molecule has 2 aromatic rings. The van der Waals surface area contributed by atoms with Crippen molar-refractivity contribution < 1.29 is 9.53 Å². The van der Waals surface area contributed by atoms with Crippen molar-refractivity contribution in [2.75, 3.05) is 0 Å².